The van der Waals surface area contributed by atoms with Crippen LogP contribution in [0.25, 0.3) is 16.2 Å². The van der Waals surface area contributed by atoms with Gasteiger partial charge in [-0.1, -0.05) is 17.7 Å². The number of imidazole rings is 1. The first-order valence-corrected chi connectivity index (χ1v) is 5.64. The minimum absolute atomic E-state index is 0.470. The zero-order valence-corrected chi connectivity index (χ0v) is 9.16. The summed E-state index contributed by atoms with van der Waals surface area (Å²) in [6.07, 6.45) is 1.88. The Bertz CT molecular complexity index is 600. The number of hydrogen-bond donors (Lipinski definition) is 0. The zero-order chi connectivity index (χ0) is 10.3. The number of halogens is 1. The first-order valence-electron chi connectivity index (χ1n) is 4.39. The van der Waals surface area contributed by atoms with Crippen LogP contribution in [0.1, 0.15) is 0 Å². The van der Waals surface area contributed by atoms with Crippen LogP contribution in [0.3, 0.4) is 0 Å². The van der Waals surface area contributed by atoms with E-state index in [0.717, 1.165) is 16.2 Å². The summed E-state index contributed by atoms with van der Waals surface area (Å²) in [7, 11) is 0. The fourth-order valence-electron chi connectivity index (χ4n) is 1.40. The van der Waals surface area contributed by atoms with E-state index in [2.05, 4.69) is 10.1 Å². The average molecular weight is 236 g/mol. The number of aromatic nitrogens is 3. The van der Waals surface area contributed by atoms with Crippen molar-refractivity contribution in [2.24, 2.45) is 0 Å². The van der Waals surface area contributed by atoms with Crippen molar-refractivity contribution in [1.29, 1.82) is 0 Å². The lowest BCUT2D eigenvalue weighted by Crippen LogP contribution is -1.88. The molecule has 0 aliphatic carbocycles. The maximum Gasteiger partial charge on any atom is 0.154 e. The highest BCUT2D eigenvalue weighted by molar-refractivity contribution is 7.13. The van der Waals surface area contributed by atoms with E-state index >= 15 is 0 Å². The van der Waals surface area contributed by atoms with Gasteiger partial charge in [0.25, 0.3) is 0 Å². The lowest BCUT2D eigenvalue weighted by Gasteiger charge is -1.89. The molecule has 0 bridgehead atoms. The molecule has 3 aromatic rings. The summed E-state index contributed by atoms with van der Waals surface area (Å²) < 4.78 is 1.69. The van der Waals surface area contributed by atoms with Crippen LogP contribution in [0.5, 0.6) is 0 Å². The van der Waals surface area contributed by atoms with Gasteiger partial charge in [0, 0.05) is 0 Å². The molecule has 0 aliphatic heterocycles. The number of nitrogens with zero attached hydrogens (tertiary/aromatic N) is 3. The number of hydrogen-bond acceptors (Lipinski definition) is 3. The molecule has 0 saturated heterocycles. The smallest absolute Gasteiger partial charge is 0.154 e. The van der Waals surface area contributed by atoms with Gasteiger partial charge < -0.3 is 0 Å². The first-order chi connectivity index (χ1) is 7.33. The van der Waals surface area contributed by atoms with Crippen LogP contribution in [0.2, 0.25) is 5.15 Å². The van der Waals surface area contributed by atoms with Crippen molar-refractivity contribution in [3.63, 3.8) is 0 Å². The Hall–Kier alpha value is -1.39. The lowest BCUT2D eigenvalue weighted by atomic mass is 10.4. The predicted molar refractivity (Wildman–Crippen MR) is 61.3 cm³/mol. The molecule has 0 aliphatic rings. The lowest BCUT2D eigenvalue weighted by molar-refractivity contribution is 0.937. The van der Waals surface area contributed by atoms with Crippen LogP contribution >= 0.6 is 22.9 Å². The van der Waals surface area contributed by atoms with Crippen LogP contribution in [-0.2, 0) is 0 Å². The summed E-state index contributed by atoms with van der Waals surface area (Å²) in [5, 5.41) is 6.63. The fourth-order valence-corrected chi connectivity index (χ4v) is 2.23. The summed E-state index contributed by atoms with van der Waals surface area (Å²) >= 11 is 7.45. The molecule has 0 spiro atoms. The van der Waals surface area contributed by atoms with Gasteiger partial charge in [0.05, 0.1) is 11.1 Å². The Kier molecular flexibility index (Phi) is 1.97. The largest absolute Gasteiger partial charge is 0.226 e. The van der Waals surface area contributed by atoms with Gasteiger partial charge in [0.15, 0.2) is 5.65 Å². The molecule has 0 saturated carbocycles. The van der Waals surface area contributed by atoms with Crippen molar-refractivity contribution in [2.75, 3.05) is 0 Å². The minimum Gasteiger partial charge on any atom is -0.226 e. The van der Waals surface area contributed by atoms with E-state index in [0.29, 0.717) is 5.15 Å². The van der Waals surface area contributed by atoms with Crippen molar-refractivity contribution in [1.82, 2.24) is 14.6 Å². The van der Waals surface area contributed by atoms with Gasteiger partial charge in [-0.05, 0) is 23.6 Å². The maximum absolute atomic E-state index is 5.80. The molecule has 3 nitrogen and oxygen atoms in total. The summed E-state index contributed by atoms with van der Waals surface area (Å²) in [4.78, 5) is 5.58. The third-order valence-electron chi connectivity index (χ3n) is 2.06. The number of rotatable bonds is 1. The van der Waals surface area contributed by atoms with Gasteiger partial charge in [-0.25, -0.2) is 9.50 Å². The molecule has 0 atom stereocenters. The number of thiophene rings is 1. The van der Waals surface area contributed by atoms with Crippen LogP contribution < -0.4 is 0 Å². The highest BCUT2D eigenvalue weighted by Crippen LogP contribution is 2.23. The second-order valence-electron chi connectivity index (χ2n) is 3.06. The molecule has 15 heavy (non-hydrogen) atoms. The van der Waals surface area contributed by atoms with Gasteiger partial charge in [0.2, 0.25) is 0 Å². The predicted octanol–water partition coefficient (Wildman–Crippen LogP) is 3.11. The molecule has 3 rings (SSSR count). The van der Waals surface area contributed by atoms with Gasteiger partial charge in [-0.15, -0.1) is 11.3 Å². The van der Waals surface area contributed by atoms with Gasteiger partial charge in [-0.3, -0.25) is 0 Å². The molecule has 0 amide bonds. The molecular weight excluding hydrogens is 230 g/mol. The van der Waals surface area contributed by atoms with E-state index in [9.17, 15) is 0 Å². The topological polar surface area (TPSA) is 30.2 Å². The summed E-state index contributed by atoms with van der Waals surface area (Å²) in [6.45, 7) is 0. The zero-order valence-electron chi connectivity index (χ0n) is 7.59. The van der Waals surface area contributed by atoms with Crippen molar-refractivity contribution in [3.05, 3.63) is 41.0 Å². The fraction of sp³-hybridized carbons (Fsp3) is 0. The van der Waals surface area contributed by atoms with Gasteiger partial charge in [-0.2, -0.15) is 5.10 Å². The van der Waals surface area contributed by atoms with E-state index in [4.69, 9.17) is 11.6 Å². The Morgan fingerprint density at radius 3 is 3.00 bits per heavy atom. The van der Waals surface area contributed by atoms with E-state index < -0.39 is 0 Å². The van der Waals surface area contributed by atoms with Gasteiger partial charge in [0.1, 0.15) is 10.8 Å². The molecule has 0 aromatic carbocycles. The van der Waals surface area contributed by atoms with Crippen molar-refractivity contribution >= 4 is 28.6 Å². The quantitative estimate of drug-likeness (QED) is 0.649. The second kappa shape index (κ2) is 3.32. The molecular formula is C10H6ClN3S. The van der Waals surface area contributed by atoms with Crippen LogP contribution in [0.15, 0.2) is 35.8 Å². The minimum atomic E-state index is 0.470. The Morgan fingerprint density at radius 2 is 2.20 bits per heavy atom. The average Bonchev–Trinajstić information content (AvgIpc) is 2.84. The standard InChI is InChI=1S/C10H6ClN3S/c11-9-3-4-10-12-7(6-14(10)13-9)8-2-1-5-15-8/h1-6H. The monoisotopic (exact) mass is 235 g/mol. The van der Waals surface area contributed by atoms with Crippen molar-refractivity contribution < 1.29 is 0 Å². The van der Waals surface area contributed by atoms with Crippen LogP contribution in [0, 0.1) is 0 Å². The molecule has 3 heterocycles. The second-order valence-corrected chi connectivity index (χ2v) is 4.40. The van der Waals surface area contributed by atoms with Crippen molar-refractivity contribution in [2.45, 2.75) is 0 Å². The Labute approximate surface area is 95.0 Å². The molecule has 74 valence electrons. The van der Waals surface area contributed by atoms with E-state index in [1.54, 1.807) is 21.9 Å². The summed E-state index contributed by atoms with van der Waals surface area (Å²) in [5.41, 5.74) is 1.74. The first kappa shape index (κ1) is 8.88. The SMILES string of the molecule is Clc1ccc2nc(-c3cccs3)cn2n1. The molecule has 0 radical (unpaired) electrons. The van der Waals surface area contributed by atoms with E-state index in [-0.39, 0.29) is 0 Å². The summed E-state index contributed by atoms with van der Waals surface area (Å²) in [6, 6.07) is 7.63. The normalized spacial score (nSPS) is 11.0. The Balaban J connectivity index is 2.22. The van der Waals surface area contributed by atoms with Crippen molar-refractivity contribution in [3.8, 4) is 10.6 Å². The third-order valence-corrected chi connectivity index (χ3v) is 3.16. The molecule has 0 unspecified atom stereocenters. The molecule has 3 aromatic heterocycles. The highest BCUT2D eigenvalue weighted by Gasteiger charge is 2.05. The maximum atomic E-state index is 5.80. The molecule has 5 heteroatoms. The molecule has 0 fully saturated rings. The number of fused-ring (bicyclic) bond motifs is 1. The van der Waals surface area contributed by atoms with Crippen LogP contribution in [0.4, 0.5) is 0 Å². The van der Waals surface area contributed by atoms with E-state index in [1.165, 1.54) is 0 Å². The van der Waals surface area contributed by atoms with Crippen LogP contribution in [-0.4, -0.2) is 14.6 Å². The Morgan fingerprint density at radius 1 is 1.27 bits per heavy atom. The summed E-state index contributed by atoms with van der Waals surface area (Å²) in [5.74, 6) is 0. The highest BCUT2D eigenvalue weighted by atomic mass is 35.5. The van der Waals surface area contributed by atoms with Gasteiger partial charge >= 0.3 is 0 Å². The molecule has 0 N–H and O–H groups in total. The third kappa shape index (κ3) is 1.52. The van der Waals surface area contributed by atoms with E-state index in [1.807, 2.05) is 29.8 Å².